The fraction of sp³-hybridized carbons (Fsp3) is 0.619. The van der Waals surface area contributed by atoms with E-state index in [1.54, 1.807) is 7.11 Å². The summed E-state index contributed by atoms with van der Waals surface area (Å²) in [6, 6.07) is 7.21. The SMILES string of the molecule is CCCNC(=O)NC[C@H]1O[C@@H]2C[C@@H](CC(=O)NCc3ccc(OC)cc3)O[C@@H]2[C@@H]1O. The zero-order valence-electron chi connectivity index (χ0n) is 17.4. The molecule has 9 heteroatoms. The number of carbonyl (C=O) groups is 2. The third-order valence-corrected chi connectivity index (χ3v) is 5.34. The van der Waals surface area contributed by atoms with E-state index < -0.39 is 18.3 Å². The van der Waals surface area contributed by atoms with Gasteiger partial charge in [0.15, 0.2) is 0 Å². The number of aliphatic hydroxyl groups excluding tert-OH is 1. The molecule has 9 nitrogen and oxygen atoms in total. The zero-order valence-corrected chi connectivity index (χ0v) is 17.4. The van der Waals surface area contributed by atoms with Crippen LogP contribution in [0.15, 0.2) is 24.3 Å². The summed E-state index contributed by atoms with van der Waals surface area (Å²) in [5, 5.41) is 18.8. The van der Waals surface area contributed by atoms with E-state index in [9.17, 15) is 14.7 Å². The van der Waals surface area contributed by atoms with Crippen LogP contribution >= 0.6 is 0 Å². The summed E-state index contributed by atoms with van der Waals surface area (Å²) in [5.41, 5.74) is 0.977. The van der Waals surface area contributed by atoms with Crippen molar-refractivity contribution >= 4 is 11.9 Å². The molecule has 166 valence electrons. The number of ether oxygens (including phenoxy) is 3. The highest BCUT2D eigenvalue weighted by molar-refractivity contribution is 5.76. The van der Waals surface area contributed by atoms with E-state index in [-0.39, 0.29) is 37.1 Å². The quantitative estimate of drug-likeness (QED) is 0.466. The average Bonchev–Trinajstić information content (AvgIpc) is 3.27. The maximum Gasteiger partial charge on any atom is 0.314 e. The Kier molecular flexibility index (Phi) is 7.89. The normalized spacial score (nSPS) is 27.4. The monoisotopic (exact) mass is 421 g/mol. The number of hydrogen-bond donors (Lipinski definition) is 4. The molecule has 0 spiro atoms. The number of fused-ring (bicyclic) bond motifs is 1. The van der Waals surface area contributed by atoms with Crippen molar-refractivity contribution in [3.8, 4) is 5.75 Å². The van der Waals surface area contributed by atoms with Crippen LogP contribution in [0, 0.1) is 0 Å². The lowest BCUT2D eigenvalue weighted by molar-refractivity contribution is -0.124. The van der Waals surface area contributed by atoms with Gasteiger partial charge in [-0.25, -0.2) is 4.79 Å². The smallest absolute Gasteiger partial charge is 0.314 e. The van der Waals surface area contributed by atoms with Gasteiger partial charge in [-0.2, -0.15) is 0 Å². The standard InChI is InChI=1S/C21H31N3O6/c1-3-8-22-21(27)24-12-17-19(26)20-16(30-17)9-15(29-20)10-18(25)23-11-13-4-6-14(28-2)7-5-13/h4-7,15-17,19-20,26H,3,8-12H2,1-2H3,(H,23,25)(H2,22,24,27)/t15-,16+,17+,19+,20-/m0/s1. The van der Waals surface area contributed by atoms with Gasteiger partial charge in [0, 0.05) is 26.1 Å². The second-order valence-electron chi connectivity index (χ2n) is 7.63. The molecule has 5 atom stereocenters. The number of methoxy groups -OCH3 is 1. The highest BCUT2D eigenvalue weighted by Gasteiger charge is 2.50. The number of hydrogen-bond acceptors (Lipinski definition) is 6. The summed E-state index contributed by atoms with van der Waals surface area (Å²) in [6.45, 7) is 3.20. The molecule has 1 aromatic rings. The third kappa shape index (κ3) is 5.84. The molecule has 30 heavy (non-hydrogen) atoms. The second kappa shape index (κ2) is 10.6. The Morgan fingerprint density at radius 2 is 1.93 bits per heavy atom. The van der Waals surface area contributed by atoms with Gasteiger partial charge in [0.1, 0.15) is 24.1 Å². The van der Waals surface area contributed by atoms with Crippen molar-refractivity contribution in [3.63, 3.8) is 0 Å². The zero-order chi connectivity index (χ0) is 21.5. The molecule has 4 N–H and O–H groups in total. The molecule has 0 aromatic heterocycles. The van der Waals surface area contributed by atoms with E-state index in [4.69, 9.17) is 14.2 Å². The van der Waals surface area contributed by atoms with Gasteiger partial charge in [0.05, 0.1) is 25.7 Å². The molecule has 2 fully saturated rings. The summed E-state index contributed by atoms with van der Waals surface area (Å²) in [7, 11) is 1.61. The summed E-state index contributed by atoms with van der Waals surface area (Å²) in [5.74, 6) is 0.653. The lowest BCUT2D eigenvalue weighted by Crippen LogP contribution is -2.44. The molecule has 0 bridgehead atoms. The second-order valence-corrected chi connectivity index (χ2v) is 7.63. The Morgan fingerprint density at radius 3 is 2.60 bits per heavy atom. The highest BCUT2D eigenvalue weighted by atomic mass is 16.6. The number of amides is 3. The van der Waals surface area contributed by atoms with Gasteiger partial charge in [-0.05, 0) is 24.1 Å². The van der Waals surface area contributed by atoms with Crippen molar-refractivity contribution in [2.75, 3.05) is 20.2 Å². The van der Waals surface area contributed by atoms with Crippen LogP contribution in [-0.2, 0) is 20.8 Å². The molecule has 0 unspecified atom stereocenters. The largest absolute Gasteiger partial charge is 0.497 e. The Hall–Kier alpha value is -2.36. The number of benzene rings is 1. The Balaban J connectivity index is 1.37. The Morgan fingerprint density at radius 1 is 1.17 bits per heavy atom. The maximum atomic E-state index is 12.3. The van der Waals surface area contributed by atoms with Crippen molar-refractivity contribution in [1.29, 1.82) is 0 Å². The van der Waals surface area contributed by atoms with Gasteiger partial charge in [-0.15, -0.1) is 0 Å². The van der Waals surface area contributed by atoms with E-state index in [2.05, 4.69) is 16.0 Å². The minimum absolute atomic E-state index is 0.115. The van der Waals surface area contributed by atoms with E-state index in [1.165, 1.54) is 0 Å². The molecule has 0 aliphatic carbocycles. The van der Waals surface area contributed by atoms with Crippen LogP contribution in [-0.4, -0.2) is 67.8 Å². The first kappa shape index (κ1) is 22.3. The molecule has 0 radical (unpaired) electrons. The average molecular weight is 421 g/mol. The first-order chi connectivity index (χ1) is 14.5. The van der Waals surface area contributed by atoms with Gasteiger partial charge in [-0.3, -0.25) is 4.79 Å². The number of rotatable bonds is 9. The Labute approximate surface area is 176 Å². The number of urea groups is 1. The number of carbonyl (C=O) groups excluding carboxylic acids is 2. The van der Waals surface area contributed by atoms with E-state index in [0.29, 0.717) is 19.5 Å². The van der Waals surface area contributed by atoms with Crippen LogP contribution < -0.4 is 20.7 Å². The van der Waals surface area contributed by atoms with E-state index >= 15 is 0 Å². The predicted molar refractivity (Wildman–Crippen MR) is 109 cm³/mol. The van der Waals surface area contributed by atoms with Crippen molar-refractivity contribution < 1.29 is 28.9 Å². The van der Waals surface area contributed by atoms with Gasteiger partial charge in [0.25, 0.3) is 0 Å². The third-order valence-electron chi connectivity index (χ3n) is 5.34. The number of nitrogens with one attached hydrogen (secondary N) is 3. The fourth-order valence-electron chi connectivity index (χ4n) is 3.73. The van der Waals surface area contributed by atoms with Gasteiger partial charge in [-0.1, -0.05) is 19.1 Å². The molecular weight excluding hydrogens is 390 g/mol. The summed E-state index contributed by atoms with van der Waals surface area (Å²) in [4.78, 5) is 23.9. The molecule has 2 saturated heterocycles. The summed E-state index contributed by atoms with van der Waals surface area (Å²) < 4.78 is 16.8. The first-order valence-electron chi connectivity index (χ1n) is 10.4. The molecular formula is C21H31N3O6. The van der Waals surface area contributed by atoms with E-state index in [0.717, 1.165) is 17.7 Å². The Bertz CT molecular complexity index is 713. The van der Waals surface area contributed by atoms with Crippen LogP contribution in [0.3, 0.4) is 0 Å². The molecule has 3 amide bonds. The minimum atomic E-state index is -0.839. The summed E-state index contributed by atoms with van der Waals surface area (Å²) >= 11 is 0. The predicted octanol–water partition coefficient (Wildman–Crippen LogP) is 0.697. The lowest BCUT2D eigenvalue weighted by atomic mass is 10.1. The first-order valence-corrected chi connectivity index (χ1v) is 10.4. The van der Waals surface area contributed by atoms with Crippen LogP contribution in [0.1, 0.15) is 31.7 Å². The number of aliphatic hydroxyl groups is 1. The van der Waals surface area contributed by atoms with Crippen molar-refractivity contribution in [3.05, 3.63) is 29.8 Å². The van der Waals surface area contributed by atoms with Crippen molar-refractivity contribution in [2.24, 2.45) is 0 Å². The molecule has 1 aromatic carbocycles. The molecule has 2 aliphatic rings. The van der Waals surface area contributed by atoms with E-state index in [1.807, 2.05) is 31.2 Å². The molecule has 2 heterocycles. The van der Waals surface area contributed by atoms with Crippen LogP contribution in [0.2, 0.25) is 0 Å². The maximum absolute atomic E-state index is 12.3. The van der Waals surface area contributed by atoms with Gasteiger partial charge in [0.2, 0.25) is 5.91 Å². The summed E-state index contributed by atoms with van der Waals surface area (Å²) in [6.07, 6.45) is -0.806. The lowest BCUT2D eigenvalue weighted by Gasteiger charge is -2.20. The molecule has 3 rings (SSSR count). The van der Waals surface area contributed by atoms with Crippen molar-refractivity contribution in [1.82, 2.24) is 16.0 Å². The highest BCUT2D eigenvalue weighted by Crippen LogP contribution is 2.35. The fourth-order valence-corrected chi connectivity index (χ4v) is 3.73. The van der Waals surface area contributed by atoms with Gasteiger partial charge >= 0.3 is 6.03 Å². The molecule has 0 saturated carbocycles. The topological polar surface area (TPSA) is 118 Å². The van der Waals surface area contributed by atoms with Crippen molar-refractivity contribution in [2.45, 2.75) is 63.3 Å². The molecule has 2 aliphatic heterocycles. The van der Waals surface area contributed by atoms with Gasteiger partial charge < -0.3 is 35.3 Å². The van der Waals surface area contributed by atoms with Crippen LogP contribution in [0.25, 0.3) is 0 Å². The van der Waals surface area contributed by atoms with Crippen LogP contribution in [0.4, 0.5) is 4.79 Å². The minimum Gasteiger partial charge on any atom is -0.497 e. The van der Waals surface area contributed by atoms with Crippen LogP contribution in [0.5, 0.6) is 5.75 Å².